The quantitative estimate of drug-likeness (QED) is 0.220. The Labute approximate surface area is 254 Å². The number of carbonyl (C=O) groups is 2. The van der Waals surface area contributed by atoms with Gasteiger partial charge in [0.05, 0.1) is 7.11 Å². The zero-order valence-corrected chi connectivity index (χ0v) is 25.1. The van der Waals surface area contributed by atoms with E-state index >= 15 is 0 Å². The van der Waals surface area contributed by atoms with E-state index < -0.39 is 0 Å². The summed E-state index contributed by atoms with van der Waals surface area (Å²) in [5, 5.41) is 4.28. The number of fused-ring (bicyclic) bond motifs is 1. The number of benzene rings is 3. The number of nitrogens with one attached hydrogen (secondary N) is 1. The van der Waals surface area contributed by atoms with Crippen LogP contribution in [0, 0.1) is 0 Å². The van der Waals surface area contributed by atoms with Crippen molar-refractivity contribution in [3.8, 4) is 5.75 Å². The Bertz CT molecular complexity index is 1500. The van der Waals surface area contributed by atoms with Crippen LogP contribution in [0.5, 0.6) is 5.75 Å². The molecule has 3 aromatic carbocycles. The predicted octanol–water partition coefficient (Wildman–Crippen LogP) is 5.67. The molecule has 0 saturated carbocycles. The molecule has 1 N–H and O–H groups in total. The van der Waals surface area contributed by atoms with Gasteiger partial charge in [-0.15, -0.1) is 0 Å². The maximum absolute atomic E-state index is 14.4. The third kappa shape index (κ3) is 6.32. The van der Waals surface area contributed by atoms with E-state index in [0.717, 1.165) is 78.9 Å². The Morgan fingerprint density at radius 2 is 1.56 bits per heavy atom. The van der Waals surface area contributed by atoms with E-state index in [0.29, 0.717) is 25.2 Å². The van der Waals surface area contributed by atoms with Crippen molar-refractivity contribution in [1.29, 1.82) is 0 Å². The molecule has 0 unspecified atom stereocenters. The van der Waals surface area contributed by atoms with E-state index in [1.165, 1.54) is 12.8 Å². The van der Waals surface area contributed by atoms with Crippen LogP contribution in [-0.2, 0) is 11.3 Å². The highest BCUT2D eigenvalue weighted by Crippen LogP contribution is 2.41. The molecule has 2 aliphatic rings. The van der Waals surface area contributed by atoms with Gasteiger partial charge in [-0.3, -0.25) is 9.59 Å². The Balaban J connectivity index is 1.45. The standard InChI is InChI=1S/C36H42N4O3/c1-43-29-17-18-31-30(26-29)34(33(27-12-4-2-5-13-27)28-14-6-3-7-15-28)35(40(31)25-24-38-20-8-9-21-38)36(42)37-19-11-23-39-22-10-16-32(39)41/h2-7,12-15,17-18,26,33H,8-11,16,19-25H2,1H3,(H,37,42). The molecule has 0 radical (unpaired) electrons. The minimum absolute atomic E-state index is 0.0730. The lowest BCUT2D eigenvalue weighted by molar-refractivity contribution is -0.127. The largest absolute Gasteiger partial charge is 0.497 e. The first-order valence-corrected chi connectivity index (χ1v) is 15.7. The van der Waals surface area contributed by atoms with Crippen LogP contribution in [-0.4, -0.2) is 72.6 Å². The highest BCUT2D eigenvalue weighted by Gasteiger charge is 2.31. The van der Waals surface area contributed by atoms with Crippen LogP contribution in [0.15, 0.2) is 78.9 Å². The molecule has 0 spiro atoms. The number of hydrogen-bond donors (Lipinski definition) is 1. The predicted molar refractivity (Wildman–Crippen MR) is 171 cm³/mol. The van der Waals surface area contributed by atoms with E-state index in [9.17, 15) is 9.59 Å². The van der Waals surface area contributed by atoms with Gasteiger partial charge in [-0.2, -0.15) is 0 Å². The molecule has 4 aromatic rings. The summed E-state index contributed by atoms with van der Waals surface area (Å²) in [5.74, 6) is 0.773. The molecule has 7 nitrogen and oxygen atoms in total. The molecule has 2 saturated heterocycles. The lowest BCUT2D eigenvalue weighted by atomic mass is 9.83. The minimum atomic E-state index is -0.145. The summed E-state index contributed by atoms with van der Waals surface area (Å²) in [4.78, 5) is 30.9. The number of carbonyl (C=O) groups excluding carboxylic acids is 2. The number of rotatable bonds is 12. The van der Waals surface area contributed by atoms with Gasteiger partial charge in [0.2, 0.25) is 5.91 Å². The molecule has 2 amide bonds. The van der Waals surface area contributed by atoms with E-state index in [-0.39, 0.29) is 17.7 Å². The van der Waals surface area contributed by atoms with Gasteiger partial charge in [-0.1, -0.05) is 60.7 Å². The van der Waals surface area contributed by atoms with Crippen molar-refractivity contribution in [3.05, 3.63) is 101 Å². The molecule has 2 fully saturated rings. The van der Waals surface area contributed by atoms with Gasteiger partial charge in [0.1, 0.15) is 11.4 Å². The summed E-state index contributed by atoms with van der Waals surface area (Å²) in [7, 11) is 1.69. The Hall–Kier alpha value is -4.10. The van der Waals surface area contributed by atoms with Crippen LogP contribution >= 0.6 is 0 Å². The maximum Gasteiger partial charge on any atom is 0.268 e. The summed E-state index contributed by atoms with van der Waals surface area (Å²) in [5.41, 5.74) is 5.02. The second kappa shape index (κ2) is 13.5. The molecule has 0 aliphatic carbocycles. The number of nitrogens with zero attached hydrogens (tertiary/aromatic N) is 3. The average Bonchev–Trinajstić information content (AvgIpc) is 3.79. The first-order valence-electron chi connectivity index (χ1n) is 15.7. The number of methoxy groups -OCH3 is 1. The number of amides is 2. The van der Waals surface area contributed by atoms with Crippen molar-refractivity contribution in [2.24, 2.45) is 0 Å². The number of aromatic nitrogens is 1. The van der Waals surface area contributed by atoms with Crippen LogP contribution in [0.25, 0.3) is 10.9 Å². The molecule has 1 aromatic heterocycles. The normalized spacial score (nSPS) is 15.6. The summed E-state index contributed by atoms with van der Waals surface area (Å²) < 4.78 is 7.94. The lowest BCUT2D eigenvalue weighted by Crippen LogP contribution is -2.33. The Kier molecular flexibility index (Phi) is 9.08. The molecule has 3 heterocycles. The van der Waals surface area contributed by atoms with Gasteiger partial charge in [0.15, 0.2) is 0 Å². The molecular weight excluding hydrogens is 536 g/mol. The fourth-order valence-electron chi connectivity index (χ4n) is 6.82. The topological polar surface area (TPSA) is 66.8 Å². The second-order valence-electron chi connectivity index (χ2n) is 11.7. The molecular formula is C36H42N4O3. The highest BCUT2D eigenvalue weighted by molar-refractivity contribution is 6.03. The van der Waals surface area contributed by atoms with Crippen LogP contribution in [0.4, 0.5) is 0 Å². The van der Waals surface area contributed by atoms with Crippen molar-refractivity contribution in [3.63, 3.8) is 0 Å². The van der Waals surface area contributed by atoms with Crippen LogP contribution in [0.2, 0.25) is 0 Å². The van der Waals surface area contributed by atoms with Crippen molar-refractivity contribution < 1.29 is 14.3 Å². The smallest absolute Gasteiger partial charge is 0.268 e. The van der Waals surface area contributed by atoms with Gasteiger partial charge in [0.25, 0.3) is 5.91 Å². The van der Waals surface area contributed by atoms with Gasteiger partial charge in [-0.25, -0.2) is 0 Å². The zero-order valence-electron chi connectivity index (χ0n) is 25.1. The number of hydrogen-bond acceptors (Lipinski definition) is 4. The monoisotopic (exact) mass is 578 g/mol. The van der Waals surface area contributed by atoms with Crippen molar-refractivity contribution in [2.45, 2.75) is 44.6 Å². The molecule has 7 heteroatoms. The zero-order chi connectivity index (χ0) is 29.6. The van der Waals surface area contributed by atoms with Crippen LogP contribution in [0.1, 0.15) is 65.2 Å². The molecule has 43 heavy (non-hydrogen) atoms. The number of ether oxygens (including phenoxy) is 1. The van der Waals surface area contributed by atoms with Gasteiger partial charge in [-0.05, 0) is 68.1 Å². The summed E-state index contributed by atoms with van der Waals surface area (Å²) in [6.45, 7) is 5.84. The van der Waals surface area contributed by atoms with Crippen LogP contribution in [0.3, 0.4) is 0 Å². The number of likely N-dealkylation sites (tertiary alicyclic amines) is 2. The molecule has 0 bridgehead atoms. The van der Waals surface area contributed by atoms with Gasteiger partial charge >= 0.3 is 0 Å². The molecule has 0 atom stereocenters. The third-order valence-corrected chi connectivity index (χ3v) is 8.98. The fourth-order valence-corrected chi connectivity index (χ4v) is 6.82. The Morgan fingerprint density at radius 3 is 2.19 bits per heavy atom. The van der Waals surface area contributed by atoms with Crippen molar-refractivity contribution in [2.75, 3.05) is 46.4 Å². The highest BCUT2D eigenvalue weighted by atomic mass is 16.5. The summed E-state index contributed by atoms with van der Waals surface area (Å²) >= 11 is 0. The van der Waals surface area contributed by atoms with E-state index in [2.05, 4.69) is 75.4 Å². The molecule has 6 rings (SSSR count). The molecule has 2 aliphatic heterocycles. The second-order valence-corrected chi connectivity index (χ2v) is 11.7. The summed E-state index contributed by atoms with van der Waals surface area (Å²) in [6, 6.07) is 27.1. The van der Waals surface area contributed by atoms with E-state index in [1.54, 1.807) is 7.11 Å². The van der Waals surface area contributed by atoms with E-state index in [1.807, 2.05) is 23.1 Å². The van der Waals surface area contributed by atoms with Gasteiger partial charge < -0.3 is 24.4 Å². The Morgan fingerprint density at radius 1 is 0.860 bits per heavy atom. The van der Waals surface area contributed by atoms with E-state index in [4.69, 9.17) is 4.74 Å². The first-order chi connectivity index (χ1) is 21.1. The van der Waals surface area contributed by atoms with Crippen LogP contribution < -0.4 is 10.1 Å². The summed E-state index contributed by atoms with van der Waals surface area (Å²) in [6.07, 6.45) is 4.75. The van der Waals surface area contributed by atoms with Gasteiger partial charge in [0, 0.05) is 61.5 Å². The van der Waals surface area contributed by atoms with Crippen molar-refractivity contribution >= 4 is 22.7 Å². The van der Waals surface area contributed by atoms with Crippen molar-refractivity contribution in [1.82, 2.24) is 19.7 Å². The molecule has 224 valence electrons. The minimum Gasteiger partial charge on any atom is -0.497 e. The third-order valence-electron chi connectivity index (χ3n) is 8.98. The SMILES string of the molecule is COc1ccc2c(c1)c(C(c1ccccc1)c1ccccc1)c(C(=O)NCCCN1CCCC1=O)n2CCN1CCCC1. The first kappa shape index (κ1) is 29.0. The fraction of sp³-hybridized carbons (Fsp3) is 0.389. The lowest BCUT2D eigenvalue weighted by Gasteiger charge is -2.22. The maximum atomic E-state index is 14.4. The average molecular weight is 579 g/mol.